The second-order valence-electron chi connectivity index (χ2n) is 5.54. The molecule has 0 amide bonds. The van der Waals surface area contributed by atoms with Gasteiger partial charge in [0, 0.05) is 18.0 Å². The van der Waals surface area contributed by atoms with Gasteiger partial charge in [0.2, 0.25) is 0 Å². The molecule has 2 N–H and O–H groups in total. The normalized spacial score (nSPS) is 10.9. The van der Waals surface area contributed by atoms with Crippen molar-refractivity contribution >= 4 is 23.3 Å². The van der Waals surface area contributed by atoms with Gasteiger partial charge in [0.05, 0.1) is 11.3 Å². The third-order valence-electron chi connectivity index (χ3n) is 3.23. The van der Waals surface area contributed by atoms with Gasteiger partial charge in [-0.2, -0.15) is 5.26 Å². The molecule has 0 aromatic heterocycles. The lowest BCUT2D eigenvalue weighted by Crippen LogP contribution is -2.18. The fraction of sp³-hybridized carbons (Fsp3) is 0.467. The summed E-state index contributed by atoms with van der Waals surface area (Å²) in [5.41, 5.74) is 1.21. The monoisotopic (exact) mass is 294 g/mol. The lowest BCUT2D eigenvalue weighted by atomic mass is 9.84. The summed E-state index contributed by atoms with van der Waals surface area (Å²) in [4.78, 5) is 10.6. The van der Waals surface area contributed by atoms with Crippen LogP contribution in [-0.4, -0.2) is 17.6 Å². The zero-order valence-electron chi connectivity index (χ0n) is 11.7. The topological polar surface area (TPSA) is 73.1 Å². The minimum absolute atomic E-state index is 0.0588. The van der Waals surface area contributed by atoms with Gasteiger partial charge in [0.1, 0.15) is 6.07 Å². The van der Waals surface area contributed by atoms with Crippen molar-refractivity contribution in [2.45, 2.75) is 33.1 Å². The Balaban J connectivity index is 2.54. The number of carboxylic acids is 1. The Kier molecular flexibility index (Phi) is 5.84. The maximum Gasteiger partial charge on any atom is 0.303 e. The molecule has 1 aromatic rings. The Hall–Kier alpha value is -1.73. The molecule has 0 fully saturated rings. The van der Waals surface area contributed by atoms with Gasteiger partial charge in [0.25, 0.3) is 0 Å². The van der Waals surface area contributed by atoms with Crippen LogP contribution in [0.2, 0.25) is 5.02 Å². The van der Waals surface area contributed by atoms with Gasteiger partial charge in [-0.25, -0.2) is 0 Å². The highest BCUT2D eigenvalue weighted by molar-refractivity contribution is 6.30. The van der Waals surface area contributed by atoms with Crippen molar-refractivity contribution in [3.05, 3.63) is 28.8 Å². The number of nitrogens with zero attached hydrogens (tertiary/aromatic N) is 1. The molecule has 0 atom stereocenters. The van der Waals surface area contributed by atoms with E-state index in [1.165, 1.54) is 0 Å². The van der Waals surface area contributed by atoms with E-state index in [-0.39, 0.29) is 11.8 Å². The number of benzene rings is 1. The summed E-state index contributed by atoms with van der Waals surface area (Å²) in [7, 11) is 0. The van der Waals surface area contributed by atoms with E-state index in [9.17, 15) is 4.79 Å². The zero-order chi connectivity index (χ0) is 15.2. The van der Waals surface area contributed by atoms with Crippen LogP contribution in [0.15, 0.2) is 18.2 Å². The number of anilines is 1. The number of hydrogen-bond donors (Lipinski definition) is 2. The molecule has 0 heterocycles. The summed E-state index contributed by atoms with van der Waals surface area (Å²) in [6.45, 7) is 4.75. The van der Waals surface area contributed by atoms with E-state index in [1.54, 1.807) is 18.2 Å². The SMILES string of the molecule is CC(C)(CCNc1cc(Cl)ccc1C#N)CCC(=O)O. The Labute approximate surface area is 124 Å². The van der Waals surface area contributed by atoms with Gasteiger partial charge in [-0.05, 0) is 36.5 Å². The number of halogens is 1. The highest BCUT2D eigenvalue weighted by atomic mass is 35.5. The van der Waals surface area contributed by atoms with Crippen LogP contribution in [-0.2, 0) is 4.79 Å². The van der Waals surface area contributed by atoms with Gasteiger partial charge in [-0.15, -0.1) is 0 Å². The smallest absolute Gasteiger partial charge is 0.303 e. The van der Waals surface area contributed by atoms with Crippen molar-refractivity contribution in [2.24, 2.45) is 5.41 Å². The van der Waals surface area contributed by atoms with Crippen molar-refractivity contribution in [1.29, 1.82) is 5.26 Å². The number of carbonyl (C=O) groups is 1. The fourth-order valence-electron chi connectivity index (χ4n) is 1.87. The van der Waals surface area contributed by atoms with E-state index in [0.29, 0.717) is 29.2 Å². The molecule has 0 aliphatic rings. The first-order valence-electron chi connectivity index (χ1n) is 6.49. The lowest BCUT2D eigenvalue weighted by Gasteiger charge is -2.24. The van der Waals surface area contributed by atoms with Crippen LogP contribution in [0, 0.1) is 16.7 Å². The minimum Gasteiger partial charge on any atom is -0.481 e. The fourth-order valence-corrected chi connectivity index (χ4v) is 2.04. The first-order chi connectivity index (χ1) is 9.34. The quantitative estimate of drug-likeness (QED) is 0.800. The van der Waals surface area contributed by atoms with Crippen LogP contribution >= 0.6 is 11.6 Å². The molecular formula is C15H19ClN2O2. The molecule has 1 rings (SSSR count). The maximum atomic E-state index is 10.6. The van der Waals surface area contributed by atoms with E-state index in [0.717, 1.165) is 6.42 Å². The molecule has 0 radical (unpaired) electrons. The average Bonchev–Trinajstić information content (AvgIpc) is 2.37. The first kappa shape index (κ1) is 16.3. The van der Waals surface area contributed by atoms with Crippen LogP contribution in [0.5, 0.6) is 0 Å². The van der Waals surface area contributed by atoms with Gasteiger partial charge in [-0.3, -0.25) is 4.79 Å². The summed E-state index contributed by atoms with van der Waals surface area (Å²) >= 11 is 5.91. The molecule has 0 spiro atoms. The van der Waals surface area contributed by atoms with Gasteiger partial charge < -0.3 is 10.4 Å². The largest absolute Gasteiger partial charge is 0.481 e. The summed E-state index contributed by atoms with van der Waals surface area (Å²) in [6.07, 6.45) is 1.62. The third kappa shape index (κ3) is 5.50. The highest BCUT2D eigenvalue weighted by Gasteiger charge is 2.18. The predicted molar refractivity (Wildman–Crippen MR) is 79.9 cm³/mol. The molecule has 0 bridgehead atoms. The van der Waals surface area contributed by atoms with Crippen molar-refractivity contribution in [3.8, 4) is 6.07 Å². The number of hydrogen-bond acceptors (Lipinski definition) is 3. The molecule has 0 saturated heterocycles. The summed E-state index contributed by atoms with van der Waals surface area (Å²) < 4.78 is 0. The third-order valence-corrected chi connectivity index (χ3v) is 3.47. The lowest BCUT2D eigenvalue weighted by molar-refractivity contribution is -0.137. The van der Waals surface area contributed by atoms with Crippen LogP contribution in [0.3, 0.4) is 0 Å². The van der Waals surface area contributed by atoms with Crippen LogP contribution in [0.1, 0.15) is 38.7 Å². The molecular weight excluding hydrogens is 276 g/mol. The predicted octanol–water partition coefficient (Wildman–Crippen LogP) is 3.90. The highest BCUT2D eigenvalue weighted by Crippen LogP contribution is 2.27. The molecule has 0 aliphatic carbocycles. The Morgan fingerprint density at radius 2 is 2.15 bits per heavy atom. The van der Waals surface area contributed by atoms with Gasteiger partial charge in [-0.1, -0.05) is 25.4 Å². The number of aliphatic carboxylic acids is 1. The van der Waals surface area contributed by atoms with Crippen LogP contribution < -0.4 is 5.32 Å². The molecule has 0 saturated carbocycles. The van der Waals surface area contributed by atoms with Crippen molar-refractivity contribution in [2.75, 3.05) is 11.9 Å². The molecule has 4 nitrogen and oxygen atoms in total. The average molecular weight is 295 g/mol. The van der Waals surface area contributed by atoms with Crippen molar-refractivity contribution < 1.29 is 9.90 Å². The number of nitriles is 1. The molecule has 1 aromatic carbocycles. The van der Waals surface area contributed by atoms with Gasteiger partial charge in [0.15, 0.2) is 0 Å². The number of nitrogens with one attached hydrogen (secondary N) is 1. The van der Waals surface area contributed by atoms with E-state index >= 15 is 0 Å². The van der Waals surface area contributed by atoms with Crippen LogP contribution in [0.25, 0.3) is 0 Å². The Morgan fingerprint density at radius 3 is 2.75 bits per heavy atom. The Bertz CT molecular complexity index is 521. The molecule has 108 valence electrons. The van der Waals surface area contributed by atoms with Crippen molar-refractivity contribution in [1.82, 2.24) is 0 Å². The maximum absolute atomic E-state index is 10.6. The standard InChI is InChI=1S/C15H19ClN2O2/c1-15(2,6-5-14(19)20)7-8-18-13-9-12(16)4-3-11(13)10-17/h3-4,9,18H,5-8H2,1-2H3,(H,19,20). The molecule has 5 heteroatoms. The second kappa shape index (κ2) is 7.16. The summed E-state index contributed by atoms with van der Waals surface area (Å²) in [6, 6.07) is 7.20. The Morgan fingerprint density at radius 1 is 1.45 bits per heavy atom. The molecule has 20 heavy (non-hydrogen) atoms. The van der Waals surface area contributed by atoms with Crippen molar-refractivity contribution in [3.63, 3.8) is 0 Å². The second-order valence-corrected chi connectivity index (χ2v) is 5.97. The van der Waals surface area contributed by atoms with E-state index < -0.39 is 5.97 Å². The summed E-state index contributed by atoms with van der Waals surface area (Å²) in [5.74, 6) is -0.771. The molecule has 0 unspecified atom stereocenters. The van der Waals surface area contributed by atoms with Crippen LogP contribution in [0.4, 0.5) is 5.69 Å². The number of rotatable bonds is 7. The number of carboxylic acid groups (broad SMARTS) is 1. The summed E-state index contributed by atoms with van der Waals surface area (Å²) in [5, 5.41) is 21.5. The minimum atomic E-state index is -0.771. The van der Waals surface area contributed by atoms with E-state index in [2.05, 4.69) is 11.4 Å². The zero-order valence-corrected chi connectivity index (χ0v) is 12.5. The molecule has 0 aliphatic heterocycles. The van der Waals surface area contributed by atoms with Gasteiger partial charge >= 0.3 is 5.97 Å². The van der Waals surface area contributed by atoms with E-state index in [1.807, 2.05) is 13.8 Å². The first-order valence-corrected chi connectivity index (χ1v) is 6.87. The van der Waals surface area contributed by atoms with E-state index in [4.69, 9.17) is 22.0 Å².